The summed E-state index contributed by atoms with van der Waals surface area (Å²) in [7, 11) is 3.71. The van der Waals surface area contributed by atoms with Crippen molar-refractivity contribution in [2.75, 3.05) is 45.2 Å². The van der Waals surface area contributed by atoms with Crippen molar-refractivity contribution in [3.63, 3.8) is 0 Å². The van der Waals surface area contributed by atoms with Gasteiger partial charge in [-0.1, -0.05) is 12.1 Å². The molecule has 0 saturated carbocycles. The maximum atomic E-state index is 13.4. The van der Waals surface area contributed by atoms with E-state index < -0.39 is 6.03 Å². The Kier molecular flexibility index (Phi) is 6.40. The molecular formula is C21H29N5O4. The second kappa shape index (κ2) is 8.83. The van der Waals surface area contributed by atoms with Crippen molar-refractivity contribution in [2.24, 2.45) is 0 Å². The molecule has 0 radical (unpaired) electrons. The van der Waals surface area contributed by atoms with Crippen LogP contribution in [0.4, 0.5) is 10.5 Å². The summed E-state index contributed by atoms with van der Waals surface area (Å²) in [5, 5.41) is 2.30. The molecule has 0 bridgehead atoms. The zero-order valence-electron chi connectivity index (χ0n) is 17.9. The fourth-order valence-corrected chi connectivity index (χ4v) is 3.98. The molecule has 5 amide bonds. The summed E-state index contributed by atoms with van der Waals surface area (Å²) in [5.41, 5.74) is 0.896. The van der Waals surface area contributed by atoms with Crippen LogP contribution < -0.4 is 10.2 Å². The Morgan fingerprint density at radius 2 is 1.67 bits per heavy atom. The first-order valence-corrected chi connectivity index (χ1v) is 10.2. The van der Waals surface area contributed by atoms with Crippen molar-refractivity contribution >= 4 is 29.4 Å². The summed E-state index contributed by atoms with van der Waals surface area (Å²) >= 11 is 0. The van der Waals surface area contributed by atoms with E-state index in [2.05, 4.69) is 5.32 Å². The summed E-state index contributed by atoms with van der Waals surface area (Å²) < 4.78 is 0. The van der Waals surface area contributed by atoms with Gasteiger partial charge < -0.3 is 14.7 Å². The number of likely N-dealkylation sites (N-methyl/N-ethyl adjacent to an activating group) is 1. The van der Waals surface area contributed by atoms with E-state index in [0.29, 0.717) is 30.9 Å². The average molecular weight is 415 g/mol. The van der Waals surface area contributed by atoms with Crippen molar-refractivity contribution in [1.82, 2.24) is 20.0 Å². The smallest absolute Gasteiger partial charge is 0.328 e. The van der Waals surface area contributed by atoms with Crippen LogP contribution in [0.2, 0.25) is 0 Å². The van der Waals surface area contributed by atoms with Gasteiger partial charge in [0.15, 0.2) is 0 Å². The number of nitrogens with zero attached hydrogens (tertiary/aromatic N) is 4. The maximum absolute atomic E-state index is 13.4. The lowest BCUT2D eigenvalue weighted by molar-refractivity contribution is -0.137. The number of benzene rings is 1. The predicted molar refractivity (Wildman–Crippen MR) is 112 cm³/mol. The van der Waals surface area contributed by atoms with E-state index in [1.807, 2.05) is 37.7 Å². The first-order valence-electron chi connectivity index (χ1n) is 10.2. The fourth-order valence-electron chi connectivity index (χ4n) is 3.98. The monoisotopic (exact) mass is 415 g/mol. The molecule has 9 heteroatoms. The lowest BCUT2D eigenvalue weighted by Crippen LogP contribution is -2.61. The summed E-state index contributed by atoms with van der Waals surface area (Å²) in [6.07, 6.45) is 0.189. The molecule has 2 fully saturated rings. The van der Waals surface area contributed by atoms with Crippen LogP contribution in [-0.2, 0) is 9.59 Å². The third-order valence-corrected chi connectivity index (χ3v) is 5.78. The standard InChI is InChI=1S/C21H29N5O4/c1-14-15(2)25(12-11-24(14)19(28)13-23(3)4)20(29)16-7-5-6-8-17(16)26-10-9-18(27)22-21(26)30/h5-8,14-15H,9-13H2,1-4H3,(H,22,27,30)/t14-,15-/m1/s1. The number of hydrogen-bond donors (Lipinski definition) is 1. The summed E-state index contributed by atoms with van der Waals surface area (Å²) in [5.74, 6) is -0.461. The molecule has 0 spiro atoms. The van der Waals surface area contributed by atoms with Gasteiger partial charge in [-0.25, -0.2) is 4.79 Å². The van der Waals surface area contributed by atoms with Crippen LogP contribution in [0, 0.1) is 0 Å². The first kappa shape index (κ1) is 21.8. The van der Waals surface area contributed by atoms with Crippen molar-refractivity contribution in [3.8, 4) is 0 Å². The molecule has 0 aromatic heterocycles. The van der Waals surface area contributed by atoms with Gasteiger partial charge >= 0.3 is 6.03 Å². The number of nitrogens with one attached hydrogen (secondary N) is 1. The van der Waals surface area contributed by atoms with Crippen LogP contribution in [0.3, 0.4) is 0 Å². The Morgan fingerprint density at radius 3 is 2.33 bits per heavy atom. The number of carbonyl (C=O) groups is 4. The Morgan fingerprint density at radius 1 is 1.03 bits per heavy atom. The second-order valence-electron chi connectivity index (χ2n) is 8.08. The zero-order chi connectivity index (χ0) is 22.0. The number of hydrogen-bond acceptors (Lipinski definition) is 5. The van der Waals surface area contributed by atoms with Gasteiger partial charge in [0.25, 0.3) is 5.91 Å². The van der Waals surface area contributed by atoms with E-state index in [1.54, 1.807) is 29.2 Å². The highest BCUT2D eigenvalue weighted by Gasteiger charge is 2.37. The lowest BCUT2D eigenvalue weighted by Gasteiger charge is -2.45. The fraction of sp³-hybridized carbons (Fsp3) is 0.524. The van der Waals surface area contributed by atoms with E-state index in [4.69, 9.17) is 0 Å². The number of imide groups is 1. The van der Waals surface area contributed by atoms with Crippen molar-refractivity contribution in [1.29, 1.82) is 0 Å². The summed E-state index contributed by atoms with van der Waals surface area (Å²) in [4.78, 5) is 56.6. The number of urea groups is 1. The molecule has 1 N–H and O–H groups in total. The number of amides is 5. The average Bonchev–Trinajstić information content (AvgIpc) is 2.69. The highest BCUT2D eigenvalue weighted by molar-refractivity contribution is 6.09. The SMILES string of the molecule is C[C@@H]1[C@@H](C)N(C(=O)c2ccccc2N2CCC(=O)NC2=O)CCN1C(=O)CN(C)C. The minimum Gasteiger partial charge on any atom is -0.335 e. The topological polar surface area (TPSA) is 93.3 Å². The molecule has 30 heavy (non-hydrogen) atoms. The normalized spacial score (nSPS) is 22.4. The zero-order valence-corrected chi connectivity index (χ0v) is 17.9. The Hall–Kier alpha value is -2.94. The molecule has 0 unspecified atom stereocenters. The summed E-state index contributed by atoms with van der Waals surface area (Å²) in [6.45, 7) is 5.33. The molecule has 2 atom stereocenters. The Balaban J connectivity index is 1.80. The third kappa shape index (κ3) is 4.30. The Bertz CT molecular complexity index is 856. The molecule has 162 valence electrons. The Labute approximate surface area is 176 Å². The van der Waals surface area contributed by atoms with Gasteiger partial charge in [0.2, 0.25) is 11.8 Å². The van der Waals surface area contributed by atoms with Gasteiger partial charge in [-0.05, 0) is 40.1 Å². The van der Waals surface area contributed by atoms with Gasteiger partial charge in [0.05, 0.1) is 17.8 Å². The molecule has 2 heterocycles. The molecular weight excluding hydrogens is 386 g/mol. The van der Waals surface area contributed by atoms with Crippen LogP contribution in [0.25, 0.3) is 0 Å². The molecule has 1 aromatic carbocycles. The van der Waals surface area contributed by atoms with E-state index in [-0.39, 0.29) is 42.8 Å². The number of para-hydroxylation sites is 1. The number of anilines is 1. The largest absolute Gasteiger partial charge is 0.335 e. The number of carbonyl (C=O) groups excluding carboxylic acids is 4. The molecule has 2 aliphatic heterocycles. The van der Waals surface area contributed by atoms with Gasteiger partial charge in [-0.15, -0.1) is 0 Å². The van der Waals surface area contributed by atoms with E-state index >= 15 is 0 Å². The summed E-state index contributed by atoms with van der Waals surface area (Å²) in [6, 6.07) is 6.11. The van der Waals surface area contributed by atoms with E-state index in [9.17, 15) is 19.2 Å². The maximum Gasteiger partial charge on any atom is 0.328 e. The molecule has 3 rings (SSSR count). The van der Waals surface area contributed by atoms with E-state index in [0.717, 1.165) is 0 Å². The van der Waals surface area contributed by atoms with Gasteiger partial charge in [0, 0.05) is 38.1 Å². The van der Waals surface area contributed by atoms with Crippen molar-refractivity contribution in [2.45, 2.75) is 32.4 Å². The van der Waals surface area contributed by atoms with Crippen LogP contribution in [0.5, 0.6) is 0 Å². The molecule has 2 aliphatic rings. The highest BCUT2D eigenvalue weighted by Crippen LogP contribution is 2.27. The predicted octanol–water partition coefficient (Wildman–Crippen LogP) is 0.756. The van der Waals surface area contributed by atoms with Crippen molar-refractivity contribution < 1.29 is 19.2 Å². The minimum atomic E-state index is -0.521. The third-order valence-electron chi connectivity index (χ3n) is 5.78. The molecule has 2 saturated heterocycles. The van der Waals surface area contributed by atoms with Crippen LogP contribution >= 0.6 is 0 Å². The van der Waals surface area contributed by atoms with Crippen LogP contribution in [-0.4, -0.2) is 90.8 Å². The van der Waals surface area contributed by atoms with Crippen molar-refractivity contribution in [3.05, 3.63) is 29.8 Å². The lowest BCUT2D eigenvalue weighted by atomic mass is 10.0. The van der Waals surface area contributed by atoms with Gasteiger partial charge in [-0.3, -0.25) is 24.6 Å². The number of rotatable bonds is 4. The van der Waals surface area contributed by atoms with E-state index in [1.165, 1.54) is 4.90 Å². The highest BCUT2D eigenvalue weighted by atomic mass is 16.2. The van der Waals surface area contributed by atoms with Crippen LogP contribution in [0.15, 0.2) is 24.3 Å². The first-order chi connectivity index (χ1) is 14.2. The minimum absolute atomic E-state index is 0.0431. The van der Waals surface area contributed by atoms with Crippen LogP contribution in [0.1, 0.15) is 30.6 Å². The molecule has 0 aliphatic carbocycles. The second-order valence-corrected chi connectivity index (χ2v) is 8.08. The quantitative estimate of drug-likeness (QED) is 0.784. The molecule has 9 nitrogen and oxygen atoms in total. The number of piperazine rings is 1. The van der Waals surface area contributed by atoms with Gasteiger partial charge in [0.1, 0.15) is 0 Å². The van der Waals surface area contributed by atoms with Gasteiger partial charge in [-0.2, -0.15) is 0 Å². The molecule has 1 aromatic rings.